The number of hydrogen-bond acceptors (Lipinski definition) is 3. The zero-order chi connectivity index (χ0) is 34.1. The molecule has 0 amide bonds. The summed E-state index contributed by atoms with van der Waals surface area (Å²) < 4.78 is 11.0. The van der Waals surface area contributed by atoms with Crippen molar-refractivity contribution in [3.63, 3.8) is 0 Å². The van der Waals surface area contributed by atoms with Gasteiger partial charge in [-0.1, -0.05) is 101 Å². The first-order valence-electron chi connectivity index (χ1n) is 18.3. The van der Waals surface area contributed by atoms with Gasteiger partial charge in [-0.05, 0) is 79.6 Å². The van der Waals surface area contributed by atoms with E-state index in [0.29, 0.717) is 18.4 Å². The number of aliphatic imine (C=N–C) groups is 1. The topological polar surface area (TPSA) is 44.3 Å². The van der Waals surface area contributed by atoms with E-state index in [-0.39, 0.29) is 27.1 Å². The summed E-state index contributed by atoms with van der Waals surface area (Å²) in [6, 6.07) is 44.9. The van der Waals surface area contributed by atoms with E-state index in [1.807, 2.05) is 12.3 Å². The van der Waals surface area contributed by atoms with Gasteiger partial charge < -0.3 is 13.9 Å². The van der Waals surface area contributed by atoms with Crippen LogP contribution in [0.1, 0.15) is 48.8 Å². The number of hydrogen-bond donors (Lipinski definition) is 0. The maximum absolute atomic E-state index is 6.41. The van der Waals surface area contributed by atoms with Crippen LogP contribution in [0.15, 0.2) is 114 Å². The van der Waals surface area contributed by atoms with Gasteiger partial charge in [0.1, 0.15) is 11.5 Å². The molecule has 0 spiro atoms. The number of rotatable bonds is 5. The Morgan fingerprint density at radius 2 is 1.40 bits per heavy atom. The predicted molar refractivity (Wildman–Crippen MR) is 208 cm³/mol. The fourth-order valence-corrected chi connectivity index (χ4v) is 8.52. The molecule has 5 aromatic carbocycles. The Morgan fingerprint density at radius 3 is 2.19 bits per heavy atom. The normalized spacial score (nSPS) is 16.4. The molecule has 0 bridgehead atoms. The van der Waals surface area contributed by atoms with E-state index in [4.69, 9.17) is 14.7 Å². The number of nitrogens with zero attached hydrogens (tertiary/aromatic N) is 4. The van der Waals surface area contributed by atoms with Crippen LogP contribution in [-0.2, 0) is 25.8 Å². The average molecular weight is 858 g/mol. The van der Waals surface area contributed by atoms with E-state index in [1.165, 1.54) is 54.0 Å². The maximum Gasteiger partial charge on any atom is 2.00 e. The molecule has 0 N–H and O–H groups in total. The average Bonchev–Trinajstić information content (AvgIpc) is 3.88. The van der Waals surface area contributed by atoms with Crippen molar-refractivity contribution in [3.05, 3.63) is 138 Å². The van der Waals surface area contributed by atoms with Crippen molar-refractivity contribution in [2.45, 2.75) is 52.0 Å². The summed E-state index contributed by atoms with van der Waals surface area (Å²) in [7, 11) is 0. The summed E-state index contributed by atoms with van der Waals surface area (Å²) >= 11 is 0. The van der Waals surface area contributed by atoms with Crippen molar-refractivity contribution in [2.75, 3.05) is 6.61 Å². The predicted octanol–water partition coefficient (Wildman–Crippen LogP) is 10.9. The third-order valence-electron chi connectivity index (χ3n) is 11.0. The second-order valence-corrected chi connectivity index (χ2v) is 14.4. The van der Waals surface area contributed by atoms with Crippen LogP contribution >= 0.6 is 0 Å². The number of aryl methyl sites for hydroxylation is 2. The number of ether oxygens (including phenoxy) is 1. The van der Waals surface area contributed by atoms with Crippen LogP contribution in [0.3, 0.4) is 0 Å². The molecular formula is C46H38N4OPt. The first-order chi connectivity index (χ1) is 25.1. The van der Waals surface area contributed by atoms with Crippen LogP contribution in [0.4, 0.5) is 0 Å². The molecule has 52 heavy (non-hydrogen) atoms. The second-order valence-electron chi connectivity index (χ2n) is 14.4. The Hall–Kier alpha value is -4.99. The van der Waals surface area contributed by atoms with Crippen LogP contribution < -0.4 is 0 Å². The molecule has 3 aromatic heterocycles. The quantitative estimate of drug-likeness (QED) is 0.162. The van der Waals surface area contributed by atoms with E-state index < -0.39 is 0 Å². The van der Waals surface area contributed by atoms with Crippen molar-refractivity contribution in [1.82, 2.24) is 14.1 Å². The molecule has 5 nitrogen and oxygen atoms in total. The van der Waals surface area contributed by atoms with Gasteiger partial charge in [-0.3, -0.25) is 4.99 Å². The molecule has 1 fully saturated rings. The van der Waals surface area contributed by atoms with Gasteiger partial charge >= 0.3 is 21.1 Å². The van der Waals surface area contributed by atoms with Crippen molar-refractivity contribution in [2.24, 2.45) is 10.9 Å². The third-order valence-corrected chi connectivity index (χ3v) is 11.0. The molecular weight excluding hydrogens is 820 g/mol. The summed E-state index contributed by atoms with van der Waals surface area (Å²) in [6.45, 7) is 4.95. The summed E-state index contributed by atoms with van der Waals surface area (Å²) in [5.74, 6) is 1.30. The van der Waals surface area contributed by atoms with E-state index >= 15 is 0 Å². The molecule has 1 aliphatic carbocycles. The number of aromatic nitrogens is 3. The van der Waals surface area contributed by atoms with Crippen LogP contribution in [0.5, 0.6) is 0 Å². The molecule has 6 heteroatoms. The number of pyridine rings is 1. The van der Waals surface area contributed by atoms with Gasteiger partial charge in [0.2, 0.25) is 0 Å². The Bertz CT molecular complexity index is 2660. The molecule has 1 aliphatic heterocycles. The molecule has 4 heterocycles. The molecule has 1 atom stereocenters. The van der Waals surface area contributed by atoms with Crippen LogP contribution in [0.2, 0.25) is 0 Å². The van der Waals surface area contributed by atoms with E-state index in [1.54, 1.807) is 0 Å². The second kappa shape index (κ2) is 13.2. The molecule has 0 radical (unpaired) electrons. The number of benzene rings is 5. The van der Waals surface area contributed by atoms with Crippen molar-refractivity contribution >= 4 is 49.6 Å². The van der Waals surface area contributed by atoms with Gasteiger partial charge in [-0.2, -0.15) is 6.07 Å². The maximum atomic E-state index is 6.41. The third kappa shape index (κ3) is 5.49. The smallest absolute Gasteiger partial charge is 0.518 e. The Balaban J connectivity index is 0.00000360. The standard InChI is InChI=1S/C46H38N4O.Pt/c1-29-15-19-42-39(22-29)37-18-17-35(50-43-20-16-30(2)23-40(43)38-14-9-21-47-45(38)50)27-44(37)49(42)36-25-33(31-10-5-3-6-11-31)24-34(26-36)46-48-41(28-51-46)32-12-7-4-8-13-32;/h3,5-6,9-11,14-25,32,41H,4,7-8,12-13,28H2,1-2H3;/q-2;+2/t41-;/m0./s1. The van der Waals surface area contributed by atoms with Gasteiger partial charge in [0, 0.05) is 22.5 Å². The zero-order valence-corrected chi connectivity index (χ0v) is 31.6. The van der Waals surface area contributed by atoms with Crippen molar-refractivity contribution in [1.29, 1.82) is 0 Å². The summed E-state index contributed by atoms with van der Waals surface area (Å²) in [5, 5.41) is 4.67. The minimum absolute atomic E-state index is 0. The monoisotopic (exact) mass is 857 g/mol. The Labute approximate surface area is 318 Å². The van der Waals surface area contributed by atoms with Crippen molar-refractivity contribution in [3.8, 4) is 22.5 Å². The summed E-state index contributed by atoms with van der Waals surface area (Å²) in [6.07, 6.45) is 8.28. The van der Waals surface area contributed by atoms with Crippen molar-refractivity contribution < 1.29 is 25.8 Å². The molecule has 8 aromatic rings. The minimum Gasteiger partial charge on any atom is -0.518 e. The summed E-state index contributed by atoms with van der Waals surface area (Å²) in [4.78, 5) is 10.1. The Morgan fingerprint density at radius 1 is 0.654 bits per heavy atom. The molecule has 0 saturated heterocycles. The molecule has 2 aliphatic rings. The van der Waals surface area contributed by atoms with E-state index in [0.717, 1.165) is 61.0 Å². The molecule has 258 valence electrons. The van der Waals surface area contributed by atoms with Gasteiger partial charge in [-0.25, -0.2) is 4.98 Å². The zero-order valence-electron chi connectivity index (χ0n) is 29.3. The first-order valence-corrected chi connectivity index (χ1v) is 18.3. The first kappa shape index (κ1) is 32.9. The SMILES string of the molecule is Cc1ccc2c(c1)c1ccc(-n3c4ccc(C)cc4c4cccnc43)[c-]c1n2-c1[c-]c(C2=N[C@H](C3CCCCC3)CO2)cc(-c2ccccc2)c1.[Pt+2]. The van der Waals surface area contributed by atoms with Crippen LogP contribution in [0, 0.1) is 31.9 Å². The van der Waals surface area contributed by atoms with Gasteiger partial charge in [-0.15, -0.1) is 35.7 Å². The fraction of sp³-hybridized carbons (Fsp3) is 0.217. The van der Waals surface area contributed by atoms with Gasteiger partial charge in [0.05, 0.1) is 18.2 Å². The van der Waals surface area contributed by atoms with E-state index in [2.05, 4.69) is 132 Å². The molecule has 1 saturated carbocycles. The largest absolute Gasteiger partial charge is 2.00 e. The molecule has 0 unspecified atom stereocenters. The van der Waals surface area contributed by atoms with Crippen LogP contribution in [0.25, 0.3) is 66.2 Å². The minimum atomic E-state index is 0. The van der Waals surface area contributed by atoms with Gasteiger partial charge in [0.15, 0.2) is 0 Å². The van der Waals surface area contributed by atoms with Crippen LogP contribution in [-0.4, -0.2) is 32.7 Å². The number of fused-ring (bicyclic) bond motifs is 6. The molecule has 10 rings (SSSR count). The Kier molecular flexibility index (Phi) is 8.35. The summed E-state index contributed by atoms with van der Waals surface area (Å²) in [5.41, 5.74) is 11.6. The van der Waals surface area contributed by atoms with E-state index in [9.17, 15) is 0 Å². The van der Waals surface area contributed by atoms with Gasteiger partial charge in [0.25, 0.3) is 0 Å². The fourth-order valence-electron chi connectivity index (χ4n) is 8.52.